The van der Waals surface area contributed by atoms with Crippen LogP contribution in [0.2, 0.25) is 0 Å². The second-order valence-electron chi connectivity index (χ2n) is 6.37. The van der Waals surface area contributed by atoms with E-state index in [0.717, 1.165) is 35.3 Å². The normalized spacial score (nSPS) is 18.2. The van der Waals surface area contributed by atoms with Crippen LogP contribution in [-0.4, -0.2) is 32.8 Å². The van der Waals surface area contributed by atoms with Crippen LogP contribution in [0, 0.1) is 13.7 Å². The van der Waals surface area contributed by atoms with Crippen molar-refractivity contribution in [2.75, 3.05) is 18.0 Å². The van der Waals surface area contributed by atoms with E-state index in [2.05, 4.69) is 56.1 Å². The summed E-state index contributed by atoms with van der Waals surface area (Å²) in [5.74, 6) is 1.21. The van der Waals surface area contributed by atoms with Crippen LogP contribution in [0.5, 0.6) is 0 Å². The number of benzene rings is 1. The van der Waals surface area contributed by atoms with E-state index in [1.165, 1.54) is 0 Å². The summed E-state index contributed by atoms with van der Waals surface area (Å²) in [4.78, 5) is 13.2. The van der Waals surface area contributed by atoms with Gasteiger partial charge in [-0.1, -0.05) is 0 Å². The van der Waals surface area contributed by atoms with E-state index in [-0.39, 0.29) is 16.5 Å². The number of hydrogen-bond acceptors (Lipinski definition) is 5. The highest BCUT2D eigenvalue weighted by Crippen LogP contribution is 2.35. The predicted molar refractivity (Wildman–Crippen MR) is 100 cm³/mol. The Morgan fingerprint density at radius 2 is 2.21 bits per heavy atom. The van der Waals surface area contributed by atoms with Gasteiger partial charge in [0.25, 0.3) is 5.69 Å². The lowest BCUT2D eigenvalue weighted by atomic mass is 9.96. The Hall–Kier alpha value is -1.71. The fraction of sp³-hybridized carbons (Fsp3) is 0.500. The minimum absolute atomic E-state index is 0.174. The topological polar surface area (TPSA) is 77.1 Å². The van der Waals surface area contributed by atoms with E-state index in [9.17, 15) is 10.1 Å². The second-order valence-corrected chi connectivity index (χ2v) is 7.61. The summed E-state index contributed by atoms with van der Waals surface area (Å²) >= 11 is 2.11. The molecule has 1 saturated heterocycles. The zero-order chi connectivity index (χ0) is 17.3. The number of aromatic nitrogens is 3. The van der Waals surface area contributed by atoms with E-state index < -0.39 is 0 Å². The van der Waals surface area contributed by atoms with Crippen LogP contribution in [0.1, 0.15) is 44.5 Å². The number of anilines is 1. The van der Waals surface area contributed by atoms with Crippen molar-refractivity contribution in [2.45, 2.75) is 38.6 Å². The summed E-state index contributed by atoms with van der Waals surface area (Å²) in [5, 5.41) is 19.8. The molecule has 24 heavy (non-hydrogen) atoms. The standard InChI is InChI=1S/C16H20IN5O2/c1-11(2)21-10-18-19-16(21)12-4-3-7-20(9-12)14-6-5-13(17)8-15(14)22(23)24/h5-6,8,10-12H,3-4,7,9H2,1-2H3. The van der Waals surface area contributed by atoms with Gasteiger partial charge in [0.1, 0.15) is 17.8 Å². The predicted octanol–water partition coefficient (Wildman–Crippen LogP) is 3.76. The number of nitrogens with zero attached hydrogens (tertiary/aromatic N) is 5. The Bertz CT molecular complexity index is 746. The lowest BCUT2D eigenvalue weighted by molar-refractivity contribution is -0.384. The summed E-state index contributed by atoms with van der Waals surface area (Å²) in [6.07, 6.45) is 3.78. The number of halogens is 1. The molecule has 0 N–H and O–H groups in total. The van der Waals surface area contributed by atoms with Crippen molar-refractivity contribution in [3.63, 3.8) is 0 Å². The Balaban J connectivity index is 1.89. The quantitative estimate of drug-likeness (QED) is 0.410. The van der Waals surface area contributed by atoms with Crippen molar-refractivity contribution in [2.24, 2.45) is 0 Å². The van der Waals surface area contributed by atoms with Crippen LogP contribution < -0.4 is 4.90 Å². The van der Waals surface area contributed by atoms with Gasteiger partial charge in [-0.05, 0) is 61.4 Å². The fourth-order valence-electron chi connectivity index (χ4n) is 3.26. The maximum absolute atomic E-state index is 11.4. The van der Waals surface area contributed by atoms with Crippen LogP contribution >= 0.6 is 22.6 Å². The first-order valence-electron chi connectivity index (χ1n) is 8.05. The van der Waals surface area contributed by atoms with E-state index >= 15 is 0 Å². The van der Waals surface area contributed by atoms with E-state index in [1.807, 2.05) is 12.1 Å². The van der Waals surface area contributed by atoms with Gasteiger partial charge in [-0.15, -0.1) is 10.2 Å². The van der Waals surface area contributed by atoms with Crippen LogP contribution in [0.25, 0.3) is 0 Å². The van der Waals surface area contributed by atoms with E-state index in [1.54, 1.807) is 12.4 Å². The Morgan fingerprint density at radius 3 is 2.92 bits per heavy atom. The molecular formula is C16H20IN5O2. The first-order chi connectivity index (χ1) is 11.5. The third-order valence-electron chi connectivity index (χ3n) is 4.42. The molecule has 128 valence electrons. The molecule has 3 rings (SSSR count). The highest BCUT2D eigenvalue weighted by atomic mass is 127. The third-order valence-corrected chi connectivity index (χ3v) is 5.09. The van der Waals surface area contributed by atoms with Gasteiger partial charge in [0, 0.05) is 34.7 Å². The van der Waals surface area contributed by atoms with Crippen LogP contribution in [0.3, 0.4) is 0 Å². The molecule has 0 spiro atoms. The molecule has 0 aliphatic carbocycles. The minimum atomic E-state index is -0.294. The first-order valence-corrected chi connectivity index (χ1v) is 9.13. The van der Waals surface area contributed by atoms with E-state index in [0.29, 0.717) is 11.7 Å². The third kappa shape index (κ3) is 3.38. The molecule has 1 atom stereocenters. The van der Waals surface area contributed by atoms with Gasteiger partial charge in [-0.2, -0.15) is 0 Å². The van der Waals surface area contributed by atoms with Crippen molar-refractivity contribution in [1.82, 2.24) is 14.8 Å². The van der Waals surface area contributed by atoms with Gasteiger partial charge in [0.15, 0.2) is 0 Å². The SMILES string of the molecule is CC(C)n1cnnc1C1CCCN(c2ccc(I)cc2[N+](=O)[O-])C1. The van der Waals surface area contributed by atoms with Gasteiger partial charge >= 0.3 is 0 Å². The molecule has 8 heteroatoms. The van der Waals surface area contributed by atoms with Crippen molar-refractivity contribution in [1.29, 1.82) is 0 Å². The second kappa shape index (κ2) is 7.04. The molecular weight excluding hydrogens is 421 g/mol. The zero-order valence-corrected chi connectivity index (χ0v) is 15.9. The molecule has 0 saturated carbocycles. The molecule has 0 amide bonds. The molecule has 2 heterocycles. The molecule has 0 radical (unpaired) electrons. The molecule has 1 unspecified atom stereocenters. The van der Waals surface area contributed by atoms with Crippen molar-refractivity contribution >= 4 is 34.0 Å². The van der Waals surface area contributed by atoms with Gasteiger partial charge in [0.2, 0.25) is 0 Å². The van der Waals surface area contributed by atoms with Crippen LogP contribution in [0.4, 0.5) is 11.4 Å². The number of nitro groups is 1. The first kappa shape index (κ1) is 17.1. The molecule has 1 aromatic heterocycles. The lowest BCUT2D eigenvalue weighted by Gasteiger charge is -2.34. The molecule has 0 bridgehead atoms. The highest BCUT2D eigenvalue weighted by molar-refractivity contribution is 14.1. The van der Waals surface area contributed by atoms with Crippen LogP contribution in [-0.2, 0) is 0 Å². The van der Waals surface area contributed by atoms with Gasteiger partial charge < -0.3 is 9.47 Å². The summed E-state index contributed by atoms with van der Waals surface area (Å²) in [6, 6.07) is 5.72. The summed E-state index contributed by atoms with van der Waals surface area (Å²) in [7, 11) is 0. The smallest absolute Gasteiger partial charge is 0.293 e. The molecule has 1 aliphatic rings. The van der Waals surface area contributed by atoms with Crippen molar-refractivity contribution in [3.05, 3.63) is 44.0 Å². The number of rotatable bonds is 4. The maximum Gasteiger partial charge on any atom is 0.293 e. The molecule has 1 aromatic carbocycles. The Kier molecular flexibility index (Phi) is 5.02. The summed E-state index contributed by atoms with van der Waals surface area (Å²) in [6.45, 7) is 5.77. The van der Waals surface area contributed by atoms with Crippen molar-refractivity contribution in [3.8, 4) is 0 Å². The fourth-order valence-corrected chi connectivity index (χ4v) is 3.73. The molecule has 2 aromatic rings. The Morgan fingerprint density at radius 1 is 1.42 bits per heavy atom. The minimum Gasteiger partial charge on any atom is -0.365 e. The average molecular weight is 441 g/mol. The van der Waals surface area contributed by atoms with Gasteiger partial charge in [-0.3, -0.25) is 10.1 Å². The van der Waals surface area contributed by atoms with Crippen LogP contribution in [0.15, 0.2) is 24.5 Å². The molecule has 1 fully saturated rings. The maximum atomic E-state index is 11.4. The van der Waals surface area contributed by atoms with Crippen molar-refractivity contribution < 1.29 is 4.92 Å². The number of nitro benzene ring substituents is 1. The largest absolute Gasteiger partial charge is 0.365 e. The van der Waals surface area contributed by atoms with Gasteiger partial charge in [-0.25, -0.2) is 0 Å². The number of piperidine rings is 1. The number of hydrogen-bond donors (Lipinski definition) is 0. The lowest BCUT2D eigenvalue weighted by Crippen LogP contribution is -2.36. The zero-order valence-electron chi connectivity index (χ0n) is 13.7. The highest BCUT2D eigenvalue weighted by Gasteiger charge is 2.29. The summed E-state index contributed by atoms with van der Waals surface area (Å²) < 4.78 is 2.97. The Labute approximate surface area is 154 Å². The monoisotopic (exact) mass is 441 g/mol. The molecule has 7 nitrogen and oxygen atoms in total. The van der Waals surface area contributed by atoms with E-state index in [4.69, 9.17) is 0 Å². The average Bonchev–Trinajstić information content (AvgIpc) is 3.05. The van der Waals surface area contributed by atoms with Gasteiger partial charge in [0.05, 0.1) is 4.92 Å². The molecule has 1 aliphatic heterocycles. The summed E-state index contributed by atoms with van der Waals surface area (Å²) in [5.41, 5.74) is 0.869.